The van der Waals surface area contributed by atoms with E-state index in [0.29, 0.717) is 6.42 Å². The van der Waals surface area contributed by atoms with Gasteiger partial charge in [0, 0.05) is 23.5 Å². The molecule has 1 saturated heterocycles. The van der Waals surface area contributed by atoms with Gasteiger partial charge in [0.2, 0.25) is 5.91 Å². The molecule has 2 atom stereocenters. The molecule has 0 unspecified atom stereocenters. The molecule has 1 aliphatic heterocycles. The maximum absolute atomic E-state index is 12.4. The fraction of sp³-hybridized carbons (Fsp3) is 0.455. The third kappa shape index (κ3) is 3.77. The Hall–Kier alpha value is -2.56. The van der Waals surface area contributed by atoms with Crippen LogP contribution in [0.15, 0.2) is 30.3 Å². The molecule has 0 saturated carbocycles. The van der Waals surface area contributed by atoms with Gasteiger partial charge in [0.05, 0.1) is 6.04 Å². The number of rotatable bonds is 7. The first-order chi connectivity index (χ1) is 13.1. The highest BCUT2D eigenvalue weighted by atomic mass is 16.2. The van der Waals surface area contributed by atoms with Crippen LogP contribution in [0.5, 0.6) is 0 Å². The molecule has 27 heavy (non-hydrogen) atoms. The summed E-state index contributed by atoms with van der Waals surface area (Å²) in [5.41, 5.74) is 3.71. The van der Waals surface area contributed by atoms with Crippen molar-refractivity contribution in [1.82, 2.24) is 10.6 Å². The minimum Gasteiger partial charge on any atom is -0.334 e. The molecule has 0 spiro atoms. The lowest BCUT2D eigenvalue weighted by atomic mass is 10.0. The standard InChI is InChI=1S/C22H27N3O2/c1-14-18(25-22(27)23-14)8-3-2-4-9-20(26)24-19-13-12-16-11-10-15-6-5-7-17(19)21(15)16/h5-7,12-14,18H,2-4,8-11H2,1H3,(H,24,26)(H2,23,25,27)/t14-,18-/m0/s1. The Kier molecular flexibility index (Phi) is 5.01. The van der Waals surface area contributed by atoms with Gasteiger partial charge in [-0.05, 0) is 55.2 Å². The van der Waals surface area contributed by atoms with Crippen LogP contribution >= 0.6 is 0 Å². The van der Waals surface area contributed by atoms with Crippen LogP contribution in [-0.2, 0) is 17.6 Å². The second-order valence-electron chi connectivity index (χ2n) is 7.77. The van der Waals surface area contributed by atoms with E-state index in [9.17, 15) is 9.59 Å². The highest BCUT2D eigenvalue weighted by Gasteiger charge is 2.26. The van der Waals surface area contributed by atoms with Crippen LogP contribution in [0.2, 0.25) is 0 Å². The second kappa shape index (κ2) is 7.59. The molecule has 3 N–H and O–H groups in total. The van der Waals surface area contributed by atoms with E-state index in [1.54, 1.807) is 0 Å². The first-order valence-electron chi connectivity index (χ1n) is 10.0. The fourth-order valence-electron chi connectivity index (χ4n) is 4.36. The topological polar surface area (TPSA) is 70.2 Å². The zero-order valence-electron chi connectivity index (χ0n) is 15.8. The predicted molar refractivity (Wildman–Crippen MR) is 108 cm³/mol. The van der Waals surface area contributed by atoms with E-state index in [0.717, 1.165) is 49.6 Å². The van der Waals surface area contributed by atoms with Crippen molar-refractivity contribution >= 4 is 28.4 Å². The summed E-state index contributed by atoms with van der Waals surface area (Å²) in [5.74, 6) is 0.0814. The highest BCUT2D eigenvalue weighted by molar-refractivity contribution is 6.05. The Balaban J connectivity index is 1.26. The fourth-order valence-corrected chi connectivity index (χ4v) is 4.36. The molecule has 2 aromatic rings. The van der Waals surface area contributed by atoms with Crippen LogP contribution < -0.4 is 16.0 Å². The summed E-state index contributed by atoms with van der Waals surface area (Å²) in [4.78, 5) is 23.7. The number of carbonyl (C=O) groups excluding carboxylic acids is 2. The zero-order chi connectivity index (χ0) is 18.8. The number of benzene rings is 2. The van der Waals surface area contributed by atoms with Crippen molar-refractivity contribution in [2.24, 2.45) is 0 Å². The summed E-state index contributed by atoms with van der Waals surface area (Å²) in [6, 6.07) is 10.9. The van der Waals surface area contributed by atoms with Crippen molar-refractivity contribution in [1.29, 1.82) is 0 Å². The third-order valence-electron chi connectivity index (χ3n) is 5.85. The Bertz CT molecular complexity index is 867. The number of carbonyl (C=O) groups is 2. The van der Waals surface area contributed by atoms with E-state index in [-0.39, 0.29) is 24.0 Å². The van der Waals surface area contributed by atoms with Gasteiger partial charge in [-0.25, -0.2) is 4.79 Å². The molecule has 4 rings (SSSR count). The van der Waals surface area contributed by atoms with E-state index in [1.807, 2.05) is 13.0 Å². The van der Waals surface area contributed by atoms with Gasteiger partial charge in [-0.1, -0.05) is 37.1 Å². The largest absolute Gasteiger partial charge is 0.334 e. The molecule has 0 aromatic heterocycles. The molecule has 0 radical (unpaired) electrons. The predicted octanol–water partition coefficient (Wildman–Crippen LogP) is 3.90. The van der Waals surface area contributed by atoms with Gasteiger partial charge < -0.3 is 16.0 Å². The van der Waals surface area contributed by atoms with Gasteiger partial charge in [-0.15, -0.1) is 0 Å². The number of anilines is 1. The lowest BCUT2D eigenvalue weighted by Gasteiger charge is -2.13. The van der Waals surface area contributed by atoms with Crippen molar-refractivity contribution in [3.63, 3.8) is 0 Å². The Morgan fingerprint density at radius 3 is 2.67 bits per heavy atom. The molecule has 2 aliphatic rings. The van der Waals surface area contributed by atoms with Crippen LogP contribution in [0, 0.1) is 0 Å². The molecular formula is C22H27N3O2. The number of hydrogen-bond donors (Lipinski definition) is 3. The van der Waals surface area contributed by atoms with Crippen molar-refractivity contribution in [3.8, 4) is 0 Å². The van der Waals surface area contributed by atoms with Crippen LogP contribution in [0.4, 0.5) is 10.5 Å². The summed E-state index contributed by atoms with van der Waals surface area (Å²) in [6.45, 7) is 2.02. The Morgan fingerprint density at radius 1 is 1.07 bits per heavy atom. The molecule has 0 bridgehead atoms. The number of unbranched alkanes of at least 4 members (excludes halogenated alkanes) is 2. The first kappa shape index (κ1) is 17.8. The third-order valence-corrected chi connectivity index (χ3v) is 5.85. The Morgan fingerprint density at radius 2 is 1.89 bits per heavy atom. The lowest BCUT2D eigenvalue weighted by molar-refractivity contribution is -0.116. The number of urea groups is 1. The SMILES string of the molecule is C[C@@H]1NC(=O)N[C@H]1CCCCCC(=O)Nc1ccc2c3c(cccc13)CC2. The quantitative estimate of drug-likeness (QED) is 0.651. The van der Waals surface area contributed by atoms with Crippen LogP contribution in [-0.4, -0.2) is 24.0 Å². The van der Waals surface area contributed by atoms with Crippen LogP contribution in [0.3, 0.4) is 0 Å². The van der Waals surface area contributed by atoms with Crippen LogP contribution in [0.25, 0.3) is 10.8 Å². The molecular weight excluding hydrogens is 338 g/mol. The van der Waals surface area contributed by atoms with Gasteiger partial charge in [-0.3, -0.25) is 4.79 Å². The van der Waals surface area contributed by atoms with Crippen molar-refractivity contribution in [3.05, 3.63) is 41.5 Å². The molecule has 2 aromatic carbocycles. The smallest absolute Gasteiger partial charge is 0.315 e. The summed E-state index contributed by atoms with van der Waals surface area (Å²) >= 11 is 0. The number of hydrogen-bond acceptors (Lipinski definition) is 2. The molecule has 5 nitrogen and oxygen atoms in total. The van der Waals surface area contributed by atoms with Gasteiger partial charge in [0.1, 0.15) is 0 Å². The van der Waals surface area contributed by atoms with E-state index in [2.05, 4.69) is 40.2 Å². The first-order valence-corrected chi connectivity index (χ1v) is 10.0. The van der Waals surface area contributed by atoms with Gasteiger partial charge in [-0.2, -0.15) is 0 Å². The maximum atomic E-state index is 12.4. The lowest BCUT2D eigenvalue weighted by Crippen LogP contribution is -2.30. The van der Waals surface area contributed by atoms with E-state index in [1.165, 1.54) is 16.5 Å². The van der Waals surface area contributed by atoms with E-state index >= 15 is 0 Å². The summed E-state index contributed by atoms with van der Waals surface area (Å²) < 4.78 is 0. The van der Waals surface area contributed by atoms with Crippen molar-refractivity contribution in [2.75, 3.05) is 5.32 Å². The Labute approximate surface area is 159 Å². The molecule has 1 fully saturated rings. The number of amides is 3. The molecule has 1 heterocycles. The molecule has 142 valence electrons. The van der Waals surface area contributed by atoms with E-state index in [4.69, 9.17) is 0 Å². The second-order valence-corrected chi connectivity index (χ2v) is 7.77. The molecule has 5 heteroatoms. The number of nitrogens with one attached hydrogen (secondary N) is 3. The average molecular weight is 365 g/mol. The van der Waals surface area contributed by atoms with Crippen molar-refractivity contribution < 1.29 is 9.59 Å². The minimum absolute atomic E-state index is 0.0720. The van der Waals surface area contributed by atoms with Gasteiger partial charge >= 0.3 is 6.03 Å². The minimum atomic E-state index is -0.0720. The van der Waals surface area contributed by atoms with E-state index < -0.39 is 0 Å². The summed E-state index contributed by atoms with van der Waals surface area (Å²) in [7, 11) is 0. The highest BCUT2D eigenvalue weighted by Crippen LogP contribution is 2.35. The zero-order valence-corrected chi connectivity index (χ0v) is 15.8. The molecule has 1 aliphatic carbocycles. The average Bonchev–Trinajstić information content (AvgIpc) is 3.21. The van der Waals surface area contributed by atoms with Gasteiger partial charge in [0.15, 0.2) is 0 Å². The van der Waals surface area contributed by atoms with Crippen molar-refractivity contribution in [2.45, 2.75) is 64.0 Å². The molecule has 3 amide bonds. The maximum Gasteiger partial charge on any atom is 0.315 e. The van der Waals surface area contributed by atoms with Gasteiger partial charge in [0.25, 0.3) is 0 Å². The normalized spacial score (nSPS) is 20.6. The summed E-state index contributed by atoms with van der Waals surface area (Å²) in [5, 5.41) is 11.4. The summed E-state index contributed by atoms with van der Waals surface area (Å²) in [6.07, 6.45) is 6.57. The van der Waals surface area contributed by atoms with Crippen LogP contribution in [0.1, 0.15) is 50.2 Å². The monoisotopic (exact) mass is 365 g/mol. The number of aryl methyl sites for hydroxylation is 2.